The van der Waals surface area contributed by atoms with Crippen LogP contribution < -0.4 is 5.32 Å². The van der Waals surface area contributed by atoms with E-state index in [4.69, 9.17) is 16.3 Å². The average Bonchev–Trinajstić information content (AvgIpc) is 3.17. The number of hydrogen-bond acceptors (Lipinski definition) is 5. The van der Waals surface area contributed by atoms with Gasteiger partial charge in [0.05, 0.1) is 43.6 Å². The van der Waals surface area contributed by atoms with Crippen LogP contribution in [0.2, 0.25) is 5.28 Å². The summed E-state index contributed by atoms with van der Waals surface area (Å²) in [6, 6.07) is 3.52. The first kappa shape index (κ1) is 22.6. The Bertz CT molecular complexity index is 1030. The number of rotatable bonds is 3. The van der Waals surface area contributed by atoms with Gasteiger partial charge in [0, 0.05) is 18.7 Å². The van der Waals surface area contributed by atoms with Gasteiger partial charge in [0.2, 0.25) is 5.28 Å². The van der Waals surface area contributed by atoms with Crippen LogP contribution in [-0.4, -0.2) is 52.1 Å². The van der Waals surface area contributed by atoms with Gasteiger partial charge in [0.25, 0.3) is 0 Å². The van der Waals surface area contributed by atoms with Gasteiger partial charge in [-0.1, -0.05) is 12.1 Å². The highest BCUT2D eigenvalue weighted by Gasteiger charge is 2.34. The summed E-state index contributed by atoms with van der Waals surface area (Å²) >= 11 is 6.11. The third-order valence-corrected chi connectivity index (χ3v) is 5.98. The van der Waals surface area contributed by atoms with Gasteiger partial charge in [-0.25, -0.2) is 14.8 Å². The van der Waals surface area contributed by atoms with Crippen molar-refractivity contribution >= 4 is 23.4 Å². The molecule has 1 atom stereocenters. The normalized spacial score (nSPS) is 17.3. The van der Waals surface area contributed by atoms with Crippen molar-refractivity contribution in [2.75, 3.05) is 31.6 Å². The third kappa shape index (κ3) is 4.47. The maximum atomic E-state index is 13.3. The number of aromatic nitrogens is 2. The van der Waals surface area contributed by atoms with Crippen molar-refractivity contribution in [2.24, 2.45) is 0 Å². The number of anilines is 1. The number of morpholine rings is 1. The molecular formula is C21H23ClF3N5O2. The standard InChI is InChI=1S/C21H23ClF3N5O2/c1-12-14(4-3-5-16(12)21(23,24)25)13(2)26-18-15-10-30(11-17(15)27-19(22)28-18)20(31)29-6-8-32-9-7-29/h3-5,13H,6-11H2,1-2H3,(H,26,27,28)/t13-/m1/s1. The van der Waals surface area contributed by atoms with Crippen LogP contribution in [0, 0.1) is 6.92 Å². The lowest BCUT2D eigenvalue weighted by molar-refractivity contribution is -0.138. The Kier molecular flexibility index (Phi) is 6.17. The molecule has 1 aromatic carbocycles. The third-order valence-electron chi connectivity index (χ3n) is 5.81. The largest absolute Gasteiger partial charge is 0.416 e. The number of carbonyl (C=O) groups excluding carboxylic acids is 1. The highest BCUT2D eigenvalue weighted by atomic mass is 35.5. The SMILES string of the molecule is Cc1c([C@@H](C)Nc2nc(Cl)nc3c2CN(C(=O)N2CCOCC2)C3)cccc1C(F)(F)F. The molecule has 4 rings (SSSR count). The number of nitrogens with one attached hydrogen (secondary N) is 1. The monoisotopic (exact) mass is 469 g/mol. The van der Waals surface area contributed by atoms with Crippen molar-refractivity contribution in [3.63, 3.8) is 0 Å². The number of nitrogens with zero attached hydrogens (tertiary/aromatic N) is 4. The number of amides is 2. The Morgan fingerprint density at radius 2 is 1.91 bits per heavy atom. The van der Waals surface area contributed by atoms with Crippen LogP contribution in [0.25, 0.3) is 0 Å². The quantitative estimate of drug-likeness (QED) is 0.675. The van der Waals surface area contributed by atoms with Crippen molar-refractivity contribution in [1.82, 2.24) is 19.8 Å². The molecule has 3 heterocycles. The van der Waals surface area contributed by atoms with Crippen molar-refractivity contribution in [1.29, 1.82) is 0 Å². The number of urea groups is 1. The zero-order chi connectivity index (χ0) is 23.0. The average molecular weight is 470 g/mol. The Labute approximate surface area is 188 Å². The fourth-order valence-corrected chi connectivity index (χ4v) is 4.33. The lowest BCUT2D eigenvalue weighted by atomic mass is 9.97. The first-order chi connectivity index (χ1) is 15.1. The number of alkyl halides is 3. The molecule has 2 aliphatic rings. The molecule has 0 aliphatic carbocycles. The van der Waals surface area contributed by atoms with Gasteiger partial charge in [-0.05, 0) is 42.6 Å². The fourth-order valence-electron chi connectivity index (χ4n) is 4.15. The molecule has 1 N–H and O–H groups in total. The number of ether oxygens (including phenoxy) is 1. The molecule has 2 aromatic rings. The number of hydrogen-bond donors (Lipinski definition) is 1. The van der Waals surface area contributed by atoms with E-state index in [0.717, 1.165) is 6.07 Å². The summed E-state index contributed by atoms with van der Waals surface area (Å²) in [5.41, 5.74) is 1.33. The van der Waals surface area contributed by atoms with Crippen LogP contribution >= 0.6 is 11.6 Å². The number of halogens is 4. The molecule has 2 aliphatic heterocycles. The first-order valence-electron chi connectivity index (χ1n) is 10.2. The fraction of sp³-hybridized carbons (Fsp3) is 0.476. The molecular weight excluding hydrogens is 447 g/mol. The molecule has 0 spiro atoms. The van der Waals surface area contributed by atoms with E-state index in [1.54, 1.807) is 22.8 Å². The van der Waals surface area contributed by atoms with Crippen LogP contribution in [0.3, 0.4) is 0 Å². The van der Waals surface area contributed by atoms with E-state index in [0.29, 0.717) is 62.0 Å². The molecule has 0 radical (unpaired) electrons. The van der Waals surface area contributed by atoms with Gasteiger partial charge >= 0.3 is 12.2 Å². The van der Waals surface area contributed by atoms with Crippen molar-refractivity contribution in [3.8, 4) is 0 Å². The molecule has 0 bridgehead atoms. The molecule has 1 aromatic heterocycles. The molecule has 32 heavy (non-hydrogen) atoms. The molecule has 0 saturated carbocycles. The van der Waals surface area contributed by atoms with E-state index in [-0.39, 0.29) is 16.9 Å². The topological polar surface area (TPSA) is 70.6 Å². The second-order valence-electron chi connectivity index (χ2n) is 7.89. The zero-order valence-electron chi connectivity index (χ0n) is 17.7. The van der Waals surface area contributed by atoms with Gasteiger partial charge in [-0.3, -0.25) is 0 Å². The van der Waals surface area contributed by atoms with Gasteiger partial charge in [-0.2, -0.15) is 13.2 Å². The second-order valence-corrected chi connectivity index (χ2v) is 8.23. The maximum absolute atomic E-state index is 13.3. The minimum Gasteiger partial charge on any atom is -0.378 e. The Balaban J connectivity index is 1.57. The minimum absolute atomic E-state index is 0.0138. The van der Waals surface area contributed by atoms with Crippen molar-refractivity contribution in [3.05, 3.63) is 51.4 Å². The second kappa shape index (κ2) is 8.74. The first-order valence-corrected chi connectivity index (χ1v) is 10.6. The van der Waals surface area contributed by atoms with Gasteiger partial charge in [0.15, 0.2) is 0 Å². The predicted molar refractivity (Wildman–Crippen MR) is 112 cm³/mol. The zero-order valence-corrected chi connectivity index (χ0v) is 18.4. The Hall–Kier alpha value is -2.59. The van der Waals surface area contributed by atoms with Crippen LogP contribution in [0.5, 0.6) is 0 Å². The highest BCUT2D eigenvalue weighted by Crippen LogP contribution is 2.36. The number of fused-ring (bicyclic) bond motifs is 1. The maximum Gasteiger partial charge on any atom is 0.416 e. The van der Waals surface area contributed by atoms with E-state index in [9.17, 15) is 18.0 Å². The summed E-state index contributed by atoms with van der Waals surface area (Å²) in [6.45, 7) is 5.84. The molecule has 1 saturated heterocycles. The minimum atomic E-state index is -4.43. The van der Waals surface area contributed by atoms with Crippen LogP contribution in [0.15, 0.2) is 18.2 Å². The molecule has 7 nitrogen and oxygen atoms in total. The number of benzene rings is 1. The van der Waals surface area contributed by atoms with E-state index < -0.39 is 17.8 Å². The Morgan fingerprint density at radius 3 is 2.59 bits per heavy atom. The van der Waals surface area contributed by atoms with E-state index in [1.807, 2.05) is 0 Å². The number of carbonyl (C=O) groups is 1. The Morgan fingerprint density at radius 1 is 1.19 bits per heavy atom. The van der Waals surface area contributed by atoms with E-state index in [2.05, 4.69) is 15.3 Å². The summed E-state index contributed by atoms with van der Waals surface area (Å²) in [7, 11) is 0. The van der Waals surface area contributed by atoms with Crippen LogP contribution in [-0.2, 0) is 24.0 Å². The van der Waals surface area contributed by atoms with E-state index >= 15 is 0 Å². The predicted octanol–water partition coefficient (Wildman–Crippen LogP) is 4.40. The summed E-state index contributed by atoms with van der Waals surface area (Å²) in [5.74, 6) is 0.418. The smallest absolute Gasteiger partial charge is 0.378 e. The van der Waals surface area contributed by atoms with Gasteiger partial charge < -0.3 is 19.9 Å². The molecule has 172 valence electrons. The molecule has 0 unspecified atom stereocenters. The lowest BCUT2D eigenvalue weighted by Crippen LogP contribution is -2.46. The van der Waals surface area contributed by atoms with Gasteiger partial charge in [0.1, 0.15) is 5.82 Å². The van der Waals surface area contributed by atoms with Gasteiger partial charge in [-0.15, -0.1) is 0 Å². The highest BCUT2D eigenvalue weighted by molar-refractivity contribution is 6.28. The van der Waals surface area contributed by atoms with E-state index in [1.165, 1.54) is 13.0 Å². The van der Waals surface area contributed by atoms with Crippen molar-refractivity contribution in [2.45, 2.75) is 39.2 Å². The van der Waals surface area contributed by atoms with Crippen LogP contribution in [0.4, 0.5) is 23.8 Å². The van der Waals surface area contributed by atoms with Crippen LogP contribution in [0.1, 0.15) is 40.9 Å². The molecule has 1 fully saturated rings. The van der Waals surface area contributed by atoms with Crippen molar-refractivity contribution < 1.29 is 22.7 Å². The molecule has 11 heteroatoms. The summed E-state index contributed by atoms with van der Waals surface area (Å²) < 4.78 is 45.3. The molecule has 2 amide bonds. The summed E-state index contributed by atoms with van der Waals surface area (Å²) in [4.78, 5) is 24.8. The summed E-state index contributed by atoms with van der Waals surface area (Å²) in [5, 5.41) is 3.20. The summed E-state index contributed by atoms with van der Waals surface area (Å²) in [6.07, 6.45) is -4.43. The lowest BCUT2D eigenvalue weighted by Gasteiger charge is -2.30.